The number of primary amides is 1. The van der Waals surface area contributed by atoms with Crippen molar-refractivity contribution in [1.29, 1.82) is 0 Å². The van der Waals surface area contributed by atoms with Gasteiger partial charge in [-0.05, 0) is 56.8 Å². The van der Waals surface area contributed by atoms with Crippen LogP contribution < -0.4 is 11.1 Å². The molecule has 1 heterocycles. The lowest BCUT2D eigenvalue weighted by atomic mass is 9.85. The van der Waals surface area contributed by atoms with E-state index in [0.717, 1.165) is 43.7 Å². The molecule has 1 aromatic rings. The molecule has 3 N–H and O–H groups in total. The minimum absolute atomic E-state index is 0.117. The van der Waals surface area contributed by atoms with E-state index < -0.39 is 5.91 Å². The molecule has 0 bridgehead atoms. The van der Waals surface area contributed by atoms with Crippen molar-refractivity contribution in [3.63, 3.8) is 0 Å². The van der Waals surface area contributed by atoms with E-state index in [2.05, 4.69) is 22.2 Å². The molecule has 27 heavy (non-hydrogen) atoms. The van der Waals surface area contributed by atoms with Gasteiger partial charge in [-0.15, -0.1) is 0 Å². The number of carbonyl (C=O) groups is 2. The zero-order chi connectivity index (χ0) is 19.6. The van der Waals surface area contributed by atoms with Gasteiger partial charge in [0.1, 0.15) is 0 Å². The lowest BCUT2D eigenvalue weighted by Crippen LogP contribution is -2.35. The van der Waals surface area contributed by atoms with Crippen molar-refractivity contribution in [2.45, 2.75) is 57.9 Å². The highest BCUT2D eigenvalue weighted by Crippen LogP contribution is 2.38. The molecule has 3 rings (SSSR count). The molecule has 0 spiro atoms. The second-order valence-electron chi connectivity index (χ2n) is 8.36. The molecule has 2 aliphatic rings. The molecule has 1 aromatic heterocycles. The van der Waals surface area contributed by atoms with Crippen molar-refractivity contribution in [3.8, 4) is 0 Å². The summed E-state index contributed by atoms with van der Waals surface area (Å²) in [5.74, 6) is 1.65. The first-order valence-corrected chi connectivity index (χ1v) is 9.98. The highest BCUT2D eigenvalue weighted by atomic mass is 16.2. The number of rotatable bonds is 7. The van der Waals surface area contributed by atoms with Crippen molar-refractivity contribution in [1.82, 2.24) is 14.9 Å². The SMILES string of the molecule is C[C@@H](Cc1nc(NC2CCC(C(=O)N(C)C)CC2)ncc1C(N)=O)C1CC1. The van der Waals surface area contributed by atoms with Crippen LogP contribution in [0.4, 0.5) is 5.95 Å². The van der Waals surface area contributed by atoms with Gasteiger partial charge in [0, 0.05) is 32.3 Å². The van der Waals surface area contributed by atoms with E-state index in [-0.39, 0.29) is 17.9 Å². The second kappa shape index (κ2) is 8.23. The Labute approximate surface area is 161 Å². The highest BCUT2D eigenvalue weighted by molar-refractivity contribution is 5.93. The van der Waals surface area contributed by atoms with Crippen LogP contribution in [0.25, 0.3) is 0 Å². The highest BCUT2D eigenvalue weighted by Gasteiger charge is 2.30. The van der Waals surface area contributed by atoms with Gasteiger partial charge in [-0.2, -0.15) is 0 Å². The Morgan fingerprint density at radius 3 is 2.44 bits per heavy atom. The van der Waals surface area contributed by atoms with E-state index >= 15 is 0 Å². The van der Waals surface area contributed by atoms with E-state index in [9.17, 15) is 9.59 Å². The largest absolute Gasteiger partial charge is 0.365 e. The summed E-state index contributed by atoms with van der Waals surface area (Å²) < 4.78 is 0. The lowest BCUT2D eigenvalue weighted by molar-refractivity contribution is -0.133. The van der Waals surface area contributed by atoms with Gasteiger partial charge in [-0.1, -0.05) is 6.92 Å². The third-order valence-electron chi connectivity index (χ3n) is 5.93. The summed E-state index contributed by atoms with van der Waals surface area (Å²) >= 11 is 0. The quantitative estimate of drug-likeness (QED) is 0.763. The van der Waals surface area contributed by atoms with Crippen molar-refractivity contribution in [2.75, 3.05) is 19.4 Å². The first-order valence-electron chi connectivity index (χ1n) is 9.98. The van der Waals surface area contributed by atoms with Crippen LogP contribution in [0.15, 0.2) is 6.20 Å². The van der Waals surface area contributed by atoms with Gasteiger partial charge in [-0.3, -0.25) is 9.59 Å². The molecular formula is C20H31N5O2. The monoisotopic (exact) mass is 373 g/mol. The Bertz CT molecular complexity index is 694. The van der Waals surface area contributed by atoms with Gasteiger partial charge in [0.2, 0.25) is 11.9 Å². The number of nitrogens with one attached hydrogen (secondary N) is 1. The van der Waals surface area contributed by atoms with Gasteiger partial charge in [0.25, 0.3) is 5.91 Å². The molecule has 1 atom stereocenters. The Morgan fingerprint density at radius 2 is 1.89 bits per heavy atom. The summed E-state index contributed by atoms with van der Waals surface area (Å²) in [6, 6.07) is 0.254. The summed E-state index contributed by atoms with van der Waals surface area (Å²) in [7, 11) is 3.62. The van der Waals surface area contributed by atoms with Crippen LogP contribution >= 0.6 is 0 Å². The van der Waals surface area contributed by atoms with Crippen molar-refractivity contribution >= 4 is 17.8 Å². The van der Waals surface area contributed by atoms with E-state index in [1.165, 1.54) is 12.8 Å². The van der Waals surface area contributed by atoms with Crippen molar-refractivity contribution in [3.05, 3.63) is 17.5 Å². The predicted octanol–water partition coefficient (Wildman–Crippen LogP) is 2.22. The van der Waals surface area contributed by atoms with Gasteiger partial charge in [-0.25, -0.2) is 9.97 Å². The molecule has 7 nitrogen and oxygen atoms in total. The van der Waals surface area contributed by atoms with Crippen molar-refractivity contribution < 1.29 is 9.59 Å². The van der Waals surface area contributed by atoms with Gasteiger partial charge in [0.05, 0.1) is 11.3 Å². The molecule has 2 aliphatic carbocycles. The topological polar surface area (TPSA) is 101 Å². The summed E-state index contributed by atoms with van der Waals surface area (Å²) in [4.78, 5) is 34.4. The van der Waals surface area contributed by atoms with Crippen LogP contribution in [0.3, 0.4) is 0 Å². The number of hydrogen-bond acceptors (Lipinski definition) is 5. The molecule has 0 aromatic carbocycles. The maximum Gasteiger partial charge on any atom is 0.252 e. The average Bonchev–Trinajstić information content (AvgIpc) is 3.47. The van der Waals surface area contributed by atoms with E-state index in [1.807, 2.05) is 14.1 Å². The fourth-order valence-corrected chi connectivity index (χ4v) is 4.02. The van der Waals surface area contributed by atoms with E-state index in [1.54, 1.807) is 11.1 Å². The maximum absolute atomic E-state index is 12.1. The van der Waals surface area contributed by atoms with Crippen LogP contribution in [-0.4, -0.2) is 46.8 Å². The minimum Gasteiger partial charge on any atom is -0.365 e. The zero-order valence-corrected chi connectivity index (χ0v) is 16.6. The van der Waals surface area contributed by atoms with Gasteiger partial charge in [0.15, 0.2) is 0 Å². The first kappa shape index (κ1) is 19.6. The Hall–Kier alpha value is -2.18. The summed E-state index contributed by atoms with van der Waals surface area (Å²) in [6.45, 7) is 2.21. The smallest absolute Gasteiger partial charge is 0.252 e. The Balaban J connectivity index is 1.63. The molecule has 0 radical (unpaired) electrons. The van der Waals surface area contributed by atoms with Gasteiger partial charge >= 0.3 is 0 Å². The number of nitrogens with two attached hydrogens (primary N) is 1. The van der Waals surface area contributed by atoms with Crippen LogP contribution in [0.5, 0.6) is 0 Å². The lowest BCUT2D eigenvalue weighted by Gasteiger charge is -2.30. The van der Waals surface area contributed by atoms with E-state index in [4.69, 9.17) is 5.73 Å². The van der Waals surface area contributed by atoms with Crippen LogP contribution in [0.1, 0.15) is 61.5 Å². The maximum atomic E-state index is 12.1. The number of carbonyl (C=O) groups excluding carboxylic acids is 2. The molecule has 2 saturated carbocycles. The Morgan fingerprint density at radius 1 is 1.22 bits per heavy atom. The number of aromatic nitrogens is 2. The first-order chi connectivity index (χ1) is 12.8. The van der Waals surface area contributed by atoms with Crippen molar-refractivity contribution in [2.24, 2.45) is 23.5 Å². The second-order valence-corrected chi connectivity index (χ2v) is 8.36. The molecule has 0 aliphatic heterocycles. The van der Waals surface area contributed by atoms with Crippen LogP contribution in [0, 0.1) is 17.8 Å². The summed E-state index contributed by atoms with van der Waals surface area (Å²) in [5.41, 5.74) is 6.68. The molecule has 0 saturated heterocycles. The fourth-order valence-electron chi connectivity index (χ4n) is 4.02. The zero-order valence-electron chi connectivity index (χ0n) is 16.6. The van der Waals surface area contributed by atoms with Crippen LogP contribution in [-0.2, 0) is 11.2 Å². The van der Waals surface area contributed by atoms with Gasteiger partial charge < -0.3 is 16.0 Å². The van der Waals surface area contributed by atoms with Crippen LogP contribution in [0.2, 0.25) is 0 Å². The molecule has 7 heteroatoms. The predicted molar refractivity (Wildman–Crippen MR) is 104 cm³/mol. The van der Waals surface area contributed by atoms with E-state index in [0.29, 0.717) is 17.4 Å². The third-order valence-corrected chi connectivity index (χ3v) is 5.93. The Kier molecular flexibility index (Phi) is 5.97. The normalized spacial score (nSPS) is 23.5. The number of amides is 2. The summed E-state index contributed by atoms with van der Waals surface area (Å²) in [6.07, 6.45) is 8.41. The standard InChI is InChI=1S/C20H31N5O2/c1-12(13-4-5-13)10-17-16(18(21)26)11-22-20(24-17)23-15-8-6-14(7-9-15)19(27)25(2)3/h11-15H,4-10H2,1-3H3,(H2,21,26)(H,22,23,24)/t12-,14?,15?/m0/s1. The third kappa shape index (κ3) is 4.96. The molecule has 2 fully saturated rings. The average molecular weight is 374 g/mol. The fraction of sp³-hybridized carbons (Fsp3) is 0.700. The molecule has 2 amide bonds. The molecule has 148 valence electrons. The summed E-state index contributed by atoms with van der Waals surface area (Å²) in [5, 5.41) is 3.39. The number of nitrogens with zero attached hydrogens (tertiary/aromatic N) is 3. The molecule has 0 unspecified atom stereocenters. The molecular weight excluding hydrogens is 342 g/mol. The number of hydrogen-bond donors (Lipinski definition) is 2. The number of anilines is 1. The minimum atomic E-state index is -0.470.